The third-order valence-corrected chi connectivity index (χ3v) is 6.35. The molecule has 1 aliphatic rings. The molecule has 172 valence electrons. The Morgan fingerprint density at radius 1 is 1.18 bits per heavy atom. The molecule has 0 spiro atoms. The standard InChI is InChI=1S/C25H30N4O3Si/c1-17-16-32-12-11-29(17)25-20-7-8-21(18-6-9-22(31-2)19(14-18)15-30)26-24(20)27-23(28-25)10-13-33(3,4)5/h6-9,14,17,30H,11-12,15-16H2,1-5H3/t17-/m0/s1. The number of pyridine rings is 1. The van der Waals surface area contributed by atoms with Crippen LogP contribution in [0.25, 0.3) is 22.3 Å². The van der Waals surface area contributed by atoms with E-state index < -0.39 is 8.07 Å². The van der Waals surface area contributed by atoms with Crippen LogP contribution in [0, 0.1) is 11.5 Å². The van der Waals surface area contributed by atoms with E-state index in [1.54, 1.807) is 7.11 Å². The first-order valence-electron chi connectivity index (χ1n) is 11.1. The molecule has 0 saturated carbocycles. The Morgan fingerprint density at radius 2 is 2.00 bits per heavy atom. The van der Waals surface area contributed by atoms with Gasteiger partial charge in [-0.2, -0.15) is 0 Å². The maximum Gasteiger partial charge on any atom is 0.208 e. The van der Waals surface area contributed by atoms with E-state index in [2.05, 4.69) is 42.9 Å². The summed E-state index contributed by atoms with van der Waals surface area (Å²) in [5.41, 5.74) is 6.34. The largest absolute Gasteiger partial charge is 0.496 e. The van der Waals surface area contributed by atoms with E-state index in [-0.39, 0.29) is 12.6 Å². The second-order valence-electron chi connectivity index (χ2n) is 9.24. The highest BCUT2D eigenvalue weighted by molar-refractivity contribution is 6.83. The molecule has 0 bridgehead atoms. The van der Waals surface area contributed by atoms with Crippen LogP contribution in [-0.2, 0) is 11.3 Å². The summed E-state index contributed by atoms with van der Waals surface area (Å²) in [5, 5.41) is 10.6. The number of rotatable bonds is 4. The molecule has 7 nitrogen and oxygen atoms in total. The Hall–Kier alpha value is -2.99. The van der Waals surface area contributed by atoms with Gasteiger partial charge in [0, 0.05) is 17.7 Å². The average molecular weight is 463 g/mol. The predicted octanol–water partition coefficient (Wildman–Crippen LogP) is 3.65. The van der Waals surface area contributed by atoms with E-state index in [4.69, 9.17) is 24.4 Å². The summed E-state index contributed by atoms with van der Waals surface area (Å²) < 4.78 is 11.0. The number of ether oxygens (including phenoxy) is 2. The molecule has 2 aromatic heterocycles. The van der Waals surface area contributed by atoms with Crippen LogP contribution in [0.2, 0.25) is 19.6 Å². The van der Waals surface area contributed by atoms with Crippen molar-refractivity contribution in [1.82, 2.24) is 15.0 Å². The number of morpholine rings is 1. The third-order valence-electron chi connectivity index (χ3n) is 5.48. The number of nitrogens with zero attached hydrogens (tertiary/aromatic N) is 4. The number of aliphatic hydroxyl groups is 1. The van der Waals surface area contributed by atoms with Crippen LogP contribution < -0.4 is 9.64 Å². The van der Waals surface area contributed by atoms with Crippen LogP contribution in [0.15, 0.2) is 30.3 Å². The number of aliphatic hydroxyl groups excluding tert-OH is 1. The lowest BCUT2D eigenvalue weighted by molar-refractivity contribution is 0.0987. The van der Waals surface area contributed by atoms with E-state index in [9.17, 15) is 5.11 Å². The monoisotopic (exact) mass is 462 g/mol. The molecular weight excluding hydrogens is 432 g/mol. The summed E-state index contributed by atoms with van der Waals surface area (Å²) >= 11 is 0. The van der Waals surface area contributed by atoms with Crippen molar-refractivity contribution >= 4 is 24.9 Å². The van der Waals surface area contributed by atoms with Crippen LogP contribution in [0.3, 0.4) is 0 Å². The van der Waals surface area contributed by atoms with E-state index >= 15 is 0 Å². The van der Waals surface area contributed by atoms with Crippen molar-refractivity contribution in [2.24, 2.45) is 0 Å². The van der Waals surface area contributed by atoms with Crippen molar-refractivity contribution in [2.75, 3.05) is 31.8 Å². The zero-order valence-electron chi connectivity index (χ0n) is 19.8. The molecule has 1 atom stereocenters. The molecule has 0 amide bonds. The fourth-order valence-corrected chi connectivity index (χ4v) is 4.26. The molecule has 0 radical (unpaired) electrons. The molecule has 1 aromatic carbocycles. The molecule has 0 aliphatic carbocycles. The normalized spacial score (nSPS) is 16.4. The highest BCUT2D eigenvalue weighted by Crippen LogP contribution is 2.30. The summed E-state index contributed by atoms with van der Waals surface area (Å²) in [7, 11) is 0.00201. The molecule has 1 fully saturated rings. The summed E-state index contributed by atoms with van der Waals surface area (Å²) in [4.78, 5) is 16.7. The highest BCUT2D eigenvalue weighted by atomic mass is 28.3. The molecule has 3 aromatic rings. The maximum absolute atomic E-state index is 9.71. The van der Waals surface area contributed by atoms with Crippen molar-refractivity contribution in [1.29, 1.82) is 0 Å². The van der Waals surface area contributed by atoms with Crippen LogP contribution >= 0.6 is 0 Å². The van der Waals surface area contributed by atoms with E-state index in [0.29, 0.717) is 36.0 Å². The lowest BCUT2D eigenvalue weighted by atomic mass is 10.1. The van der Waals surface area contributed by atoms with Gasteiger partial charge in [0.1, 0.15) is 19.6 Å². The van der Waals surface area contributed by atoms with Crippen LogP contribution in [0.5, 0.6) is 5.75 Å². The number of aromatic nitrogens is 3. The van der Waals surface area contributed by atoms with E-state index in [1.807, 2.05) is 30.3 Å². The van der Waals surface area contributed by atoms with Crippen molar-refractivity contribution in [3.63, 3.8) is 0 Å². The van der Waals surface area contributed by atoms with Crippen molar-refractivity contribution in [2.45, 2.75) is 39.2 Å². The first-order valence-corrected chi connectivity index (χ1v) is 14.6. The van der Waals surface area contributed by atoms with Crippen LogP contribution in [0.1, 0.15) is 18.3 Å². The summed E-state index contributed by atoms with van der Waals surface area (Å²) in [6.07, 6.45) is 0. The number of anilines is 1. The Kier molecular flexibility index (Phi) is 6.65. The summed E-state index contributed by atoms with van der Waals surface area (Å²) in [6.45, 7) is 10.7. The van der Waals surface area contributed by atoms with Gasteiger partial charge in [0.2, 0.25) is 5.82 Å². The first-order chi connectivity index (χ1) is 15.8. The minimum absolute atomic E-state index is 0.109. The first kappa shape index (κ1) is 23.2. The number of benzene rings is 1. The number of methoxy groups -OCH3 is 1. The molecular formula is C25H30N4O3Si. The minimum Gasteiger partial charge on any atom is -0.496 e. The predicted molar refractivity (Wildman–Crippen MR) is 133 cm³/mol. The highest BCUT2D eigenvalue weighted by Gasteiger charge is 2.24. The summed E-state index contributed by atoms with van der Waals surface area (Å²) in [6, 6.07) is 9.86. The number of fused-ring (bicyclic) bond motifs is 1. The Labute approximate surface area is 195 Å². The number of hydrogen-bond acceptors (Lipinski definition) is 7. The second kappa shape index (κ2) is 9.47. The lowest BCUT2D eigenvalue weighted by Crippen LogP contribution is -2.44. The molecule has 0 unspecified atom stereocenters. The maximum atomic E-state index is 9.71. The third kappa shape index (κ3) is 5.16. The van der Waals surface area contributed by atoms with Gasteiger partial charge in [0.15, 0.2) is 5.65 Å². The van der Waals surface area contributed by atoms with Gasteiger partial charge in [-0.05, 0) is 43.2 Å². The zero-order chi connectivity index (χ0) is 23.6. The van der Waals surface area contributed by atoms with Crippen molar-refractivity contribution < 1.29 is 14.6 Å². The quantitative estimate of drug-likeness (QED) is 0.468. The Balaban J connectivity index is 1.86. The molecule has 1 N–H and O–H groups in total. The van der Waals surface area contributed by atoms with E-state index in [1.165, 1.54) is 0 Å². The molecule has 3 heterocycles. The SMILES string of the molecule is COc1ccc(-c2ccc3c(N4CCOC[C@@H]4C)nc(C#C[Si](C)(C)C)nc3n2)cc1CO. The number of hydrogen-bond donors (Lipinski definition) is 1. The van der Waals surface area contributed by atoms with Crippen LogP contribution in [-0.4, -0.2) is 61.0 Å². The lowest BCUT2D eigenvalue weighted by Gasteiger charge is -2.34. The smallest absolute Gasteiger partial charge is 0.208 e. The minimum atomic E-state index is -1.59. The van der Waals surface area contributed by atoms with E-state index in [0.717, 1.165) is 29.0 Å². The van der Waals surface area contributed by atoms with Gasteiger partial charge >= 0.3 is 0 Å². The topological polar surface area (TPSA) is 80.6 Å². The van der Waals surface area contributed by atoms with Gasteiger partial charge in [-0.15, -0.1) is 5.54 Å². The van der Waals surface area contributed by atoms with Gasteiger partial charge in [-0.1, -0.05) is 19.6 Å². The van der Waals surface area contributed by atoms with Crippen molar-refractivity contribution in [3.05, 3.63) is 41.7 Å². The average Bonchev–Trinajstić information content (AvgIpc) is 2.81. The van der Waals surface area contributed by atoms with Gasteiger partial charge in [-0.25, -0.2) is 15.0 Å². The molecule has 33 heavy (non-hydrogen) atoms. The second-order valence-corrected chi connectivity index (χ2v) is 14.0. The molecule has 4 rings (SSSR count). The molecule has 8 heteroatoms. The molecule has 1 aliphatic heterocycles. The van der Waals surface area contributed by atoms with Crippen molar-refractivity contribution in [3.8, 4) is 28.5 Å². The Morgan fingerprint density at radius 3 is 2.70 bits per heavy atom. The zero-order valence-corrected chi connectivity index (χ0v) is 20.8. The molecule has 1 saturated heterocycles. The fraction of sp³-hybridized carbons (Fsp3) is 0.400. The van der Waals surface area contributed by atoms with Gasteiger partial charge in [-0.3, -0.25) is 0 Å². The fourth-order valence-electron chi connectivity index (χ4n) is 3.78. The van der Waals surface area contributed by atoms with Gasteiger partial charge in [0.25, 0.3) is 0 Å². The summed E-state index contributed by atoms with van der Waals surface area (Å²) in [5.74, 6) is 5.20. The van der Waals surface area contributed by atoms with Crippen LogP contribution in [0.4, 0.5) is 5.82 Å². The van der Waals surface area contributed by atoms with Gasteiger partial charge < -0.3 is 19.5 Å². The van der Waals surface area contributed by atoms with Gasteiger partial charge in [0.05, 0.1) is 44.1 Å². The Bertz CT molecular complexity index is 1230.